The Morgan fingerprint density at radius 3 is 2.65 bits per heavy atom. The fourth-order valence-corrected chi connectivity index (χ4v) is 3.78. The number of benzene rings is 3. The minimum atomic E-state index is 0.531. The summed E-state index contributed by atoms with van der Waals surface area (Å²) in [5, 5.41) is 5.47. The first-order valence-electron chi connectivity index (χ1n) is 7.52. The van der Waals surface area contributed by atoms with Gasteiger partial charge in [-0.15, -0.1) is 0 Å². The Labute approximate surface area is 119 Å². The largest absolute Gasteiger partial charge is 0.330 e. The van der Waals surface area contributed by atoms with Gasteiger partial charge in [0, 0.05) is 0 Å². The fourth-order valence-electron chi connectivity index (χ4n) is 3.78. The molecule has 4 rings (SSSR count). The predicted octanol–water partition coefficient (Wildman–Crippen LogP) is 4.37. The second kappa shape index (κ2) is 4.60. The monoisotopic (exact) mass is 261 g/mol. The van der Waals surface area contributed by atoms with Gasteiger partial charge in [-0.1, -0.05) is 48.5 Å². The number of hydrogen-bond donors (Lipinski definition) is 1. The molecule has 3 aromatic carbocycles. The minimum absolute atomic E-state index is 0.531. The van der Waals surface area contributed by atoms with E-state index in [1.165, 1.54) is 51.9 Å². The highest BCUT2D eigenvalue weighted by Gasteiger charge is 2.21. The van der Waals surface area contributed by atoms with Crippen LogP contribution in [-0.4, -0.2) is 6.54 Å². The molecule has 20 heavy (non-hydrogen) atoms. The maximum absolute atomic E-state index is 6.02. The standard InChI is InChI=1S/C19H19N/c20-12-15-6-3-5-14-9-10-17-16-7-2-1-4-13(16)8-11-18(17)19(14)15/h1-2,4,7-11,15H,3,5-6,12,20H2. The smallest absolute Gasteiger partial charge is 0.000791 e. The summed E-state index contributed by atoms with van der Waals surface area (Å²) in [6, 6.07) is 17.8. The van der Waals surface area contributed by atoms with Crippen LogP contribution in [0.1, 0.15) is 29.9 Å². The summed E-state index contributed by atoms with van der Waals surface area (Å²) in [5.41, 5.74) is 9.05. The van der Waals surface area contributed by atoms with E-state index in [9.17, 15) is 0 Å². The van der Waals surface area contributed by atoms with Gasteiger partial charge in [0.25, 0.3) is 0 Å². The molecule has 0 saturated carbocycles. The van der Waals surface area contributed by atoms with E-state index in [-0.39, 0.29) is 0 Å². The van der Waals surface area contributed by atoms with Crippen molar-refractivity contribution in [1.29, 1.82) is 0 Å². The summed E-state index contributed by atoms with van der Waals surface area (Å²) in [4.78, 5) is 0. The lowest BCUT2D eigenvalue weighted by molar-refractivity contribution is 0.565. The van der Waals surface area contributed by atoms with Crippen molar-refractivity contribution in [1.82, 2.24) is 0 Å². The highest BCUT2D eigenvalue weighted by atomic mass is 14.6. The number of aryl methyl sites for hydroxylation is 1. The molecule has 0 aromatic heterocycles. The van der Waals surface area contributed by atoms with Crippen molar-refractivity contribution in [2.24, 2.45) is 5.73 Å². The third kappa shape index (κ3) is 1.66. The molecule has 0 aliphatic heterocycles. The Balaban J connectivity index is 2.11. The van der Waals surface area contributed by atoms with Crippen LogP contribution >= 0.6 is 0 Å². The third-order valence-electron chi connectivity index (χ3n) is 4.75. The van der Waals surface area contributed by atoms with Crippen LogP contribution in [-0.2, 0) is 6.42 Å². The highest BCUT2D eigenvalue weighted by molar-refractivity contribution is 6.08. The molecule has 0 spiro atoms. The minimum Gasteiger partial charge on any atom is -0.330 e. The molecule has 1 atom stereocenters. The molecule has 0 fully saturated rings. The second-order valence-corrected chi connectivity index (χ2v) is 5.85. The van der Waals surface area contributed by atoms with Crippen LogP contribution in [0.5, 0.6) is 0 Å². The van der Waals surface area contributed by atoms with Crippen molar-refractivity contribution in [2.45, 2.75) is 25.2 Å². The van der Waals surface area contributed by atoms with Gasteiger partial charge in [-0.2, -0.15) is 0 Å². The molecule has 0 bridgehead atoms. The van der Waals surface area contributed by atoms with Crippen LogP contribution in [0.2, 0.25) is 0 Å². The van der Waals surface area contributed by atoms with E-state index in [2.05, 4.69) is 48.5 Å². The molecule has 1 unspecified atom stereocenters. The van der Waals surface area contributed by atoms with Crippen molar-refractivity contribution >= 4 is 21.5 Å². The van der Waals surface area contributed by atoms with Gasteiger partial charge in [0.15, 0.2) is 0 Å². The number of rotatable bonds is 1. The topological polar surface area (TPSA) is 26.0 Å². The summed E-state index contributed by atoms with van der Waals surface area (Å²) < 4.78 is 0. The maximum atomic E-state index is 6.02. The molecular formula is C19H19N. The van der Waals surface area contributed by atoms with E-state index in [4.69, 9.17) is 5.73 Å². The molecule has 0 saturated heterocycles. The Hall–Kier alpha value is -1.86. The quantitative estimate of drug-likeness (QED) is 0.647. The lowest BCUT2D eigenvalue weighted by Gasteiger charge is -2.26. The first kappa shape index (κ1) is 11.9. The Bertz CT molecular complexity index is 788. The summed E-state index contributed by atoms with van der Waals surface area (Å²) in [6.07, 6.45) is 3.71. The summed E-state index contributed by atoms with van der Waals surface area (Å²) in [6.45, 7) is 0.763. The van der Waals surface area contributed by atoms with Crippen molar-refractivity contribution in [3.05, 3.63) is 59.7 Å². The zero-order valence-electron chi connectivity index (χ0n) is 11.6. The molecule has 2 N–H and O–H groups in total. The normalized spacial score (nSPS) is 18.4. The summed E-state index contributed by atoms with van der Waals surface area (Å²) in [5.74, 6) is 0.531. The molecular weight excluding hydrogens is 242 g/mol. The van der Waals surface area contributed by atoms with Gasteiger partial charge in [0.1, 0.15) is 0 Å². The first-order chi connectivity index (χ1) is 9.88. The zero-order valence-corrected chi connectivity index (χ0v) is 11.6. The van der Waals surface area contributed by atoms with Crippen LogP contribution in [0.4, 0.5) is 0 Å². The molecule has 100 valence electrons. The average molecular weight is 261 g/mol. The average Bonchev–Trinajstić information content (AvgIpc) is 2.53. The van der Waals surface area contributed by atoms with Crippen LogP contribution < -0.4 is 5.73 Å². The zero-order chi connectivity index (χ0) is 13.5. The van der Waals surface area contributed by atoms with Gasteiger partial charge in [-0.05, 0) is 64.4 Å². The predicted molar refractivity (Wildman–Crippen MR) is 86.2 cm³/mol. The molecule has 0 radical (unpaired) electrons. The van der Waals surface area contributed by atoms with E-state index in [1.807, 2.05) is 0 Å². The van der Waals surface area contributed by atoms with Gasteiger partial charge in [0.2, 0.25) is 0 Å². The highest BCUT2D eigenvalue weighted by Crippen LogP contribution is 2.38. The molecule has 1 heteroatoms. The molecule has 3 aromatic rings. The van der Waals surface area contributed by atoms with Crippen LogP contribution in [0.25, 0.3) is 21.5 Å². The third-order valence-corrected chi connectivity index (χ3v) is 4.75. The number of fused-ring (bicyclic) bond motifs is 5. The molecule has 0 heterocycles. The van der Waals surface area contributed by atoms with E-state index >= 15 is 0 Å². The Kier molecular flexibility index (Phi) is 2.75. The van der Waals surface area contributed by atoms with Gasteiger partial charge < -0.3 is 5.73 Å². The van der Waals surface area contributed by atoms with Crippen molar-refractivity contribution in [3.8, 4) is 0 Å². The fraction of sp³-hybridized carbons (Fsp3) is 0.263. The van der Waals surface area contributed by atoms with Crippen LogP contribution in [0.15, 0.2) is 48.5 Å². The lowest BCUT2D eigenvalue weighted by atomic mass is 9.79. The molecule has 0 amide bonds. The lowest BCUT2D eigenvalue weighted by Crippen LogP contribution is -2.18. The molecule has 1 aliphatic carbocycles. The molecule has 1 nitrogen and oxygen atoms in total. The van der Waals surface area contributed by atoms with Gasteiger partial charge >= 0.3 is 0 Å². The number of nitrogens with two attached hydrogens (primary N) is 1. The second-order valence-electron chi connectivity index (χ2n) is 5.85. The summed E-state index contributed by atoms with van der Waals surface area (Å²) in [7, 11) is 0. The number of hydrogen-bond acceptors (Lipinski definition) is 1. The Morgan fingerprint density at radius 2 is 1.75 bits per heavy atom. The van der Waals surface area contributed by atoms with Crippen molar-refractivity contribution in [2.75, 3.05) is 6.54 Å². The Morgan fingerprint density at radius 1 is 0.900 bits per heavy atom. The van der Waals surface area contributed by atoms with Crippen molar-refractivity contribution in [3.63, 3.8) is 0 Å². The van der Waals surface area contributed by atoms with Gasteiger partial charge in [-0.25, -0.2) is 0 Å². The van der Waals surface area contributed by atoms with Gasteiger partial charge in [-0.3, -0.25) is 0 Å². The van der Waals surface area contributed by atoms with Crippen molar-refractivity contribution < 1.29 is 0 Å². The van der Waals surface area contributed by atoms with E-state index in [0.717, 1.165) is 6.54 Å². The maximum Gasteiger partial charge on any atom is -0.000791 e. The molecule has 1 aliphatic rings. The first-order valence-corrected chi connectivity index (χ1v) is 7.52. The SMILES string of the molecule is NCC1CCCc2ccc3c(ccc4ccccc43)c21. The van der Waals surface area contributed by atoms with Crippen LogP contribution in [0, 0.1) is 0 Å². The van der Waals surface area contributed by atoms with E-state index in [0.29, 0.717) is 5.92 Å². The summed E-state index contributed by atoms with van der Waals surface area (Å²) >= 11 is 0. The van der Waals surface area contributed by atoms with Gasteiger partial charge in [0.05, 0.1) is 0 Å². The van der Waals surface area contributed by atoms with E-state index in [1.54, 1.807) is 0 Å². The van der Waals surface area contributed by atoms with Crippen LogP contribution in [0.3, 0.4) is 0 Å². The van der Waals surface area contributed by atoms with E-state index < -0.39 is 0 Å².